The molecule has 0 saturated carbocycles. The van der Waals surface area contributed by atoms with E-state index in [1.807, 2.05) is 30.3 Å². The number of hydrogen-bond donors (Lipinski definition) is 2. The molecule has 114 valence electrons. The smallest absolute Gasteiger partial charge is 0.186 e. The molecule has 0 amide bonds. The van der Waals surface area contributed by atoms with Crippen LogP contribution in [0.1, 0.15) is 0 Å². The van der Waals surface area contributed by atoms with Gasteiger partial charge in [-0.15, -0.1) is 0 Å². The van der Waals surface area contributed by atoms with Crippen molar-refractivity contribution in [2.24, 2.45) is 5.73 Å². The molecule has 5 nitrogen and oxygen atoms in total. The van der Waals surface area contributed by atoms with Crippen LogP contribution in [0.5, 0.6) is 0 Å². The molecule has 1 aromatic heterocycles. The molecule has 0 aliphatic heterocycles. The normalized spacial score (nSPS) is 11.4. The fourth-order valence-electron chi connectivity index (χ4n) is 2.00. The van der Waals surface area contributed by atoms with E-state index >= 15 is 0 Å². The Hall–Kier alpha value is -2.28. The predicted molar refractivity (Wildman–Crippen MR) is 86.5 cm³/mol. The first kappa shape index (κ1) is 16.1. The molecule has 22 heavy (non-hydrogen) atoms. The fourth-order valence-corrected chi connectivity index (χ4v) is 2.37. The minimum Gasteiger partial charge on any atom is -0.363 e. The predicted octanol–water partition coefficient (Wildman–Crippen LogP) is 3.16. The first-order valence-corrected chi connectivity index (χ1v) is 7.65. The van der Waals surface area contributed by atoms with Crippen molar-refractivity contribution < 1.29 is 13.3 Å². The molecule has 3 rings (SSSR count). The summed E-state index contributed by atoms with van der Waals surface area (Å²) in [6.45, 7) is 0. The van der Waals surface area contributed by atoms with Crippen molar-refractivity contribution in [3.8, 4) is 22.4 Å². The molecule has 6 heteroatoms. The van der Waals surface area contributed by atoms with E-state index in [1.165, 1.54) is 7.05 Å². The molecule has 0 aliphatic rings. The van der Waals surface area contributed by atoms with Gasteiger partial charge in [-0.2, -0.15) is 0 Å². The number of nitrogens with zero attached hydrogens (tertiary/aromatic N) is 1. The van der Waals surface area contributed by atoms with Gasteiger partial charge in [0.1, 0.15) is 12.0 Å². The topological polar surface area (TPSA) is 89.4 Å². The summed E-state index contributed by atoms with van der Waals surface area (Å²) >= 11 is -1.96. The number of benzene rings is 2. The second-order valence-electron chi connectivity index (χ2n) is 4.22. The second kappa shape index (κ2) is 7.65. The molecule has 1 heterocycles. The Morgan fingerprint density at radius 1 is 1.00 bits per heavy atom. The van der Waals surface area contributed by atoms with Crippen LogP contribution >= 0.6 is 0 Å². The summed E-state index contributed by atoms with van der Waals surface area (Å²) in [5.41, 5.74) is 7.96. The number of nitrogens with two attached hydrogens (primary N) is 1. The first-order valence-electron chi connectivity index (χ1n) is 6.54. The van der Waals surface area contributed by atoms with Crippen LogP contribution in [-0.2, 0) is 11.1 Å². The van der Waals surface area contributed by atoms with Crippen molar-refractivity contribution in [1.29, 1.82) is 0 Å². The molecule has 0 saturated heterocycles. The van der Waals surface area contributed by atoms with Crippen LogP contribution in [0.2, 0.25) is 0 Å². The van der Waals surface area contributed by atoms with Crippen LogP contribution in [0.15, 0.2) is 70.3 Å². The highest BCUT2D eigenvalue weighted by Gasteiger charge is 2.12. The highest BCUT2D eigenvalue weighted by Crippen LogP contribution is 2.31. The van der Waals surface area contributed by atoms with Gasteiger partial charge >= 0.3 is 0 Å². The van der Waals surface area contributed by atoms with Crippen LogP contribution in [0.25, 0.3) is 22.4 Å². The molecular weight excluding hydrogens is 300 g/mol. The highest BCUT2D eigenvalue weighted by molar-refractivity contribution is 7.79. The lowest BCUT2D eigenvalue weighted by Crippen LogP contribution is -1.88. The lowest BCUT2D eigenvalue weighted by molar-refractivity contribution is 0.422. The van der Waals surface area contributed by atoms with Crippen molar-refractivity contribution in [2.45, 2.75) is 4.90 Å². The molecule has 0 fully saturated rings. The van der Waals surface area contributed by atoms with E-state index in [9.17, 15) is 4.21 Å². The van der Waals surface area contributed by atoms with Crippen molar-refractivity contribution >= 4 is 11.1 Å². The molecule has 3 aromatic rings. The molecule has 2 aromatic carbocycles. The summed E-state index contributed by atoms with van der Waals surface area (Å²) in [5.74, 6) is 0. The Balaban J connectivity index is 0.000000847. The SMILES string of the molecule is CN.O=S(O)c1ccc(-c2conc2-c2ccccc2)cc1. The average Bonchev–Trinajstić information content (AvgIpc) is 3.07. The van der Waals surface area contributed by atoms with Gasteiger partial charge in [-0.25, -0.2) is 4.21 Å². The van der Waals surface area contributed by atoms with Crippen LogP contribution in [0.3, 0.4) is 0 Å². The summed E-state index contributed by atoms with van der Waals surface area (Å²) in [7, 11) is 1.50. The van der Waals surface area contributed by atoms with Gasteiger partial charge in [0.05, 0.1) is 4.90 Å². The minimum absolute atomic E-state index is 0.367. The highest BCUT2D eigenvalue weighted by atomic mass is 32.2. The van der Waals surface area contributed by atoms with Crippen molar-refractivity contribution in [2.75, 3.05) is 7.05 Å². The molecular formula is C16H16N2O3S. The van der Waals surface area contributed by atoms with E-state index in [1.54, 1.807) is 30.5 Å². The molecule has 1 atom stereocenters. The van der Waals surface area contributed by atoms with Crippen LogP contribution < -0.4 is 5.73 Å². The van der Waals surface area contributed by atoms with Gasteiger partial charge in [-0.3, -0.25) is 0 Å². The first-order chi connectivity index (χ1) is 10.8. The molecule has 0 bridgehead atoms. The van der Waals surface area contributed by atoms with Crippen molar-refractivity contribution in [3.63, 3.8) is 0 Å². The van der Waals surface area contributed by atoms with E-state index in [0.717, 1.165) is 22.4 Å². The zero-order valence-corrected chi connectivity index (χ0v) is 12.8. The summed E-state index contributed by atoms with van der Waals surface area (Å²) in [5, 5.41) is 4.04. The van der Waals surface area contributed by atoms with Gasteiger partial charge in [0, 0.05) is 11.1 Å². The third-order valence-electron chi connectivity index (χ3n) is 2.98. The molecule has 0 spiro atoms. The third kappa shape index (κ3) is 3.48. The summed E-state index contributed by atoms with van der Waals surface area (Å²) in [6, 6.07) is 16.5. The van der Waals surface area contributed by atoms with Gasteiger partial charge in [-0.1, -0.05) is 47.6 Å². The summed E-state index contributed by atoms with van der Waals surface area (Å²) in [6.07, 6.45) is 1.58. The third-order valence-corrected chi connectivity index (χ3v) is 3.66. The standard InChI is InChI=1S/C15H11NO3S.CH5N/c17-20(18)13-8-6-11(7-9-13)14-10-19-16-15(14)12-4-2-1-3-5-12;1-2/h1-10H,(H,17,18);2H2,1H3. The lowest BCUT2D eigenvalue weighted by Gasteiger charge is -2.02. The largest absolute Gasteiger partial charge is 0.363 e. The second-order valence-corrected chi connectivity index (χ2v) is 5.19. The summed E-state index contributed by atoms with van der Waals surface area (Å²) < 4.78 is 25.1. The van der Waals surface area contributed by atoms with E-state index in [0.29, 0.717) is 4.90 Å². The molecule has 0 radical (unpaired) electrons. The number of rotatable bonds is 3. The van der Waals surface area contributed by atoms with Crippen molar-refractivity contribution in [1.82, 2.24) is 5.16 Å². The molecule has 3 N–H and O–H groups in total. The minimum atomic E-state index is -1.96. The van der Waals surface area contributed by atoms with Gasteiger partial charge in [-0.05, 0) is 24.7 Å². The molecule has 0 aliphatic carbocycles. The number of aromatic nitrogens is 1. The monoisotopic (exact) mass is 316 g/mol. The Bertz CT molecular complexity index is 740. The maximum absolute atomic E-state index is 11.0. The Labute approximate surface area is 131 Å². The van der Waals surface area contributed by atoms with Gasteiger partial charge in [0.15, 0.2) is 11.1 Å². The van der Waals surface area contributed by atoms with E-state index in [-0.39, 0.29) is 0 Å². The Morgan fingerprint density at radius 2 is 1.64 bits per heavy atom. The van der Waals surface area contributed by atoms with Crippen LogP contribution in [0.4, 0.5) is 0 Å². The number of hydrogen-bond acceptors (Lipinski definition) is 4. The summed E-state index contributed by atoms with van der Waals surface area (Å²) in [4.78, 5) is 0.367. The van der Waals surface area contributed by atoms with E-state index < -0.39 is 11.1 Å². The van der Waals surface area contributed by atoms with Gasteiger partial charge in [0.2, 0.25) is 0 Å². The Morgan fingerprint density at radius 3 is 2.23 bits per heavy atom. The maximum Gasteiger partial charge on any atom is 0.186 e. The maximum atomic E-state index is 11.0. The van der Waals surface area contributed by atoms with Crippen molar-refractivity contribution in [3.05, 3.63) is 60.9 Å². The zero-order valence-electron chi connectivity index (χ0n) is 12.0. The quantitative estimate of drug-likeness (QED) is 0.724. The van der Waals surface area contributed by atoms with Crippen LogP contribution in [-0.4, -0.2) is 21.0 Å². The molecule has 1 unspecified atom stereocenters. The zero-order chi connectivity index (χ0) is 15.9. The van der Waals surface area contributed by atoms with Crippen LogP contribution in [0, 0.1) is 0 Å². The van der Waals surface area contributed by atoms with E-state index in [2.05, 4.69) is 10.9 Å². The lowest BCUT2D eigenvalue weighted by atomic mass is 10.0. The van der Waals surface area contributed by atoms with Gasteiger partial charge in [0.25, 0.3) is 0 Å². The average molecular weight is 316 g/mol. The fraction of sp³-hybridized carbons (Fsp3) is 0.0625. The Kier molecular flexibility index (Phi) is 5.60. The van der Waals surface area contributed by atoms with E-state index in [4.69, 9.17) is 9.08 Å². The van der Waals surface area contributed by atoms with Gasteiger partial charge < -0.3 is 14.8 Å².